The number of ether oxygens (including phenoxy) is 1. The van der Waals surface area contributed by atoms with Crippen molar-refractivity contribution in [3.05, 3.63) is 0 Å². The number of nitrogens with one attached hydrogen (secondary N) is 1. The number of carbonyl (C=O) groups is 1. The first-order chi connectivity index (χ1) is 5.22. The zero-order valence-electron chi connectivity index (χ0n) is 6.76. The summed E-state index contributed by atoms with van der Waals surface area (Å²) in [5.41, 5.74) is 0. The van der Waals surface area contributed by atoms with Gasteiger partial charge in [0.15, 0.2) is 0 Å². The molecule has 62 valence electrons. The smallest absolute Gasteiger partial charge is 0.246 e. The van der Waals surface area contributed by atoms with Gasteiger partial charge in [-0.05, 0) is 6.92 Å². The van der Waals surface area contributed by atoms with Gasteiger partial charge in [0.25, 0.3) is 0 Å². The molecule has 1 unspecified atom stereocenters. The van der Waals surface area contributed by atoms with Crippen LogP contribution in [0.2, 0.25) is 0 Å². The Morgan fingerprint density at radius 1 is 1.82 bits per heavy atom. The third kappa shape index (κ3) is 2.31. The lowest BCUT2D eigenvalue weighted by Gasteiger charge is -2.07. The largest absolute Gasteiger partial charge is 0.381 e. The zero-order valence-corrected chi connectivity index (χ0v) is 6.76. The fourth-order valence-corrected chi connectivity index (χ4v) is 0.878. The standard InChI is InChI=1S/C7H12N2O2/c1-5(11-2)3-6-8-4-7(10)9-6/h5H,3-4H2,1-2H3,(H,8,9,10). The molecule has 0 spiro atoms. The Bertz CT molecular complexity index is 189. The van der Waals surface area contributed by atoms with Crippen LogP contribution in [0, 0.1) is 0 Å². The van der Waals surface area contributed by atoms with Crippen molar-refractivity contribution in [2.24, 2.45) is 4.99 Å². The molecule has 0 saturated heterocycles. The predicted molar refractivity (Wildman–Crippen MR) is 41.5 cm³/mol. The maximum absolute atomic E-state index is 10.7. The van der Waals surface area contributed by atoms with E-state index in [-0.39, 0.29) is 18.6 Å². The summed E-state index contributed by atoms with van der Waals surface area (Å²) in [4.78, 5) is 14.6. The highest BCUT2D eigenvalue weighted by atomic mass is 16.5. The maximum Gasteiger partial charge on any atom is 0.246 e. The summed E-state index contributed by atoms with van der Waals surface area (Å²) in [6.07, 6.45) is 0.801. The Morgan fingerprint density at radius 3 is 3.00 bits per heavy atom. The highest BCUT2D eigenvalue weighted by molar-refractivity contribution is 6.04. The molecule has 0 saturated carbocycles. The molecule has 1 aliphatic heterocycles. The van der Waals surface area contributed by atoms with Gasteiger partial charge in [-0.2, -0.15) is 0 Å². The van der Waals surface area contributed by atoms with Crippen molar-refractivity contribution in [1.82, 2.24) is 5.32 Å². The van der Waals surface area contributed by atoms with E-state index >= 15 is 0 Å². The first-order valence-electron chi connectivity index (χ1n) is 3.58. The van der Waals surface area contributed by atoms with E-state index in [0.717, 1.165) is 5.84 Å². The van der Waals surface area contributed by atoms with E-state index in [1.807, 2.05) is 6.92 Å². The maximum atomic E-state index is 10.7. The molecule has 0 aliphatic carbocycles. The van der Waals surface area contributed by atoms with Crippen LogP contribution in [0.1, 0.15) is 13.3 Å². The third-order valence-corrected chi connectivity index (χ3v) is 1.58. The van der Waals surface area contributed by atoms with Gasteiger partial charge in [0.1, 0.15) is 12.4 Å². The van der Waals surface area contributed by atoms with E-state index < -0.39 is 0 Å². The van der Waals surface area contributed by atoms with E-state index in [4.69, 9.17) is 4.74 Å². The second-order valence-corrected chi connectivity index (χ2v) is 2.56. The number of amides is 1. The highest BCUT2D eigenvalue weighted by Crippen LogP contribution is 1.99. The van der Waals surface area contributed by atoms with Crippen LogP contribution in [0.4, 0.5) is 0 Å². The molecule has 1 N–H and O–H groups in total. The number of nitrogens with zero attached hydrogens (tertiary/aromatic N) is 1. The summed E-state index contributed by atoms with van der Waals surface area (Å²) >= 11 is 0. The van der Waals surface area contributed by atoms with E-state index in [1.165, 1.54) is 0 Å². The highest BCUT2D eigenvalue weighted by Gasteiger charge is 2.14. The normalized spacial score (nSPS) is 19.5. The minimum absolute atomic E-state index is 0.0247. The van der Waals surface area contributed by atoms with Crippen LogP contribution in [0.5, 0.6) is 0 Å². The molecule has 1 rings (SSSR count). The summed E-state index contributed by atoms with van der Waals surface area (Å²) in [6, 6.07) is 0. The Morgan fingerprint density at radius 2 is 2.55 bits per heavy atom. The van der Waals surface area contributed by atoms with Crippen molar-refractivity contribution in [3.8, 4) is 0 Å². The van der Waals surface area contributed by atoms with Gasteiger partial charge in [0.2, 0.25) is 5.91 Å². The number of aliphatic imine (C=N–C) groups is 1. The lowest BCUT2D eigenvalue weighted by molar-refractivity contribution is -0.117. The quantitative estimate of drug-likeness (QED) is 0.622. The van der Waals surface area contributed by atoms with Crippen LogP contribution < -0.4 is 5.32 Å². The first-order valence-corrected chi connectivity index (χ1v) is 3.58. The van der Waals surface area contributed by atoms with Gasteiger partial charge in [0.05, 0.1) is 6.10 Å². The van der Waals surface area contributed by atoms with Crippen LogP contribution in [0.25, 0.3) is 0 Å². The molecule has 0 fully saturated rings. The average molecular weight is 156 g/mol. The molecule has 0 bridgehead atoms. The van der Waals surface area contributed by atoms with Crippen LogP contribution in [-0.4, -0.2) is 31.5 Å². The van der Waals surface area contributed by atoms with Crippen molar-refractivity contribution < 1.29 is 9.53 Å². The SMILES string of the molecule is COC(C)CC1=NCC(=O)N1. The predicted octanol–water partition coefficient (Wildman–Crippen LogP) is -0.0603. The van der Waals surface area contributed by atoms with Gasteiger partial charge in [-0.25, -0.2) is 0 Å². The number of carbonyl (C=O) groups excluding carboxylic acids is 1. The molecule has 0 aromatic carbocycles. The average Bonchev–Trinajstić information content (AvgIpc) is 2.35. The number of hydrogen-bond donors (Lipinski definition) is 1. The van der Waals surface area contributed by atoms with Gasteiger partial charge >= 0.3 is 0 Å². The van der Waals surface area contributed by atoms with Gasteiger partial charge in [-0.1, -0.05) is 0 Å². The van der Waals surface area contributed by atoms with Crippen LogP contribution in [-0.2, 0) is 9.53 Å². The topological polar surface area (TPSA) is 50.7 Å². The molecule has 1 amide bonds. The Kier molecular flexibility index (Phi) is 2.59. The van der Waals surface area contributed by atoms with Crippen LogP contribution in [0.15, 0.2) is 4.99 Å². The summed E-state index contributed by atoms with van der Waals surface area (Å²) < 4.78 is 5.02. The van der Waals surface area contributed by atoms with Crippen molar-refractivity contribution in [3.63, 3.8) is 0 Å². The first kappa shape index (κ1) is 8.20. The van der Waals surface area contributed by atoms with Crippen molar-refractivity contribution in [2.75, 3.05) is 13.7 Å². The lowest BCUT2D eigenvalue weighted by Crippen LogP contribution is -2.27. The van der Waals surface area contributed by atoms with Crippen molar-refractivity contribution >= 4 is 11.7 Å². The molecule has 1 atom stereocenters. The van der Waals surface area contributed by atoms with Gasteiger partial charge in [0, 0.05) is 13.5 Å². The van der Waals surface area contributed by atoms with Gasteiger partial charge in [-0.3, -0.25) is 9.79 Å². The summed E-state index contributed by atoms with van der Waals surface area (Å²) in [5.74, 6) is 0.715. The number of rotatable bonds is 3. The summed E-state index contributed by atoms with van der Waals surface area (Å²) in [5, 5.41) is 2.65. The number of amidine groups is 1. The van der Waals surface area contributed by atoms with Crippen molar-refractivity contribution in [2.45, 2.75) is 19.4 Å². The zero-order chi connectivity index (χ0) is 8.27. The summed E-state index contributed by atoms with van der Waals surface area (Å²) in [7, 11) is 1.64. The van der Waals surface area contributed by atoms with E-state index in [9.17, 15) is 4.79 Å². The van der Waals surface area contributed by atoms with Crippen molar-refractivity contribution in [1.29, 1.82) is 0 Å². The summed E-state index contributed by atoms with van der Waals surface area (Å²) in [6.45, 7) is 2.21. The van der Waals surface area contributed by atoms with Gasteiger partial charge < -0.3 is 10.1 Å². The minimum Gasteiger partial charge on any atom is -0.381 e. The van der Waals surface area contributed by atoms with E-state index in [0.29, 0.717) is 6.42 Å². The molecular formula is C7H12N2O2. The molecule has 0 aromatic rings. The molecule has 0 radical (unpaired) electrons. The Labute approximate surface area is 65.6 Å². The van der Waals surface area contributed by atoms with Crippen LogP contribution >= 0.6 is 0 Å². The molecule has 1 heterocycles. The van der Waals surface area contributed by atoms with Crippen LogP contribution in [0.3, 0.4) is 0 Å². The lowest BCUT2D eigenvalue weighted by atomic mass is 10.3. The third-order valence-electron chi connectivity index (χ3n) is 1.58. The Hall–Kier alpha value is -0.900. The van der Waals surface area contributed by atoms with Gasteiger partial charge in [-0.15, -0.1) is 0 Å². The molecule has 4 nitrogen and oxygen atoms in total. The minimum atomic E-state index is -0.0247. The molecule has 4 heteroatoms. The molecule has 1 aliphatic rings. The Balaban J connectivity index is 2.33. The monoisotopic (exact) mass is 156 g/mol. The molecule has 0 aromatic heterocycles. The molecular weight excluding hydrogens is 144 g/mol. The van der Waals surface area contributed by atoms with E-state index in [1.54, 1.807) is 7.11 Å². The fourth-order valence-electron chi connectivity index (χ4n) is 0.878. The molecule has 11 heavy (non-hydrogen) atoms. The number of hydrogen-bond acceptors (Lipinski definition) is 3. The number of methoxy groups -OCH3 is 1. The second kappa shape index (κ2) is 3.48. The van der Waals surface area contributed by atoms with E-state index in [2.05, 4.69) is 10.3 Å². The fraction of sp³-hybridized carbons (Fsp3) is 0.714. The second-order valence-electron chi connectivity index (χ2n) is 2.56.